The summed E-state index contributed by atoms with van der Waals surface area (Å²) in [6.45, 7) is 3.62. The lowest BCUT2D eigenvalue weighted by Crippen LogP contribution is -2.14. The van der Waals surface area contributed by atoms with Crippen molar-refractivity contribution in [1.82, 2.24) is 9.88 Å². The lowest BCUT2D eigenvalue weighted by molar-refractivity contribution is 0.0701. The number of hydrogen-bond acceptors (Lipinski definition) is 5. The maximum Gasteiger partial charge on any atom is 0.347 e. The van der Waals surface area contributed by atoms with Crippen LogP contribution in [0.4, 0.5) is 5.13 Å². The first kappa shape index (κ1) is 13.9. The van der Waals surface area contributed by atoms with Crippen LogP contribution in [0, 0.1) is 6.92 Å². The Balaban J connectivity index is 2.32. The summed E-state index contributed by atoms with van der Waals surface area (Å²) >= 11 is 1.20. The third-order valence-corrected chi connectivity index (χ3v) is 3.40. The fourth-order valence-corrected chi connectivity index (χ4v) is 2.25. The minimum Gasteiger partial charge on any atom is -0.477 e. The van der Waals surface area contributed by atoms with Crippen LogP contribution in [0.25, 0.3) is 0 Å². The van der Waals surface area contributed by atoms with Crippen LogP contribution in [-0.4, -0.2) is 48.1 Å². The van der Waals surface area contributed by atoms with Gasteiger partial charge in [-0.25, -0.2) is 9.78 Å². The number of carboxylic acid groups (broad SMARTS) is 1. The quantitative estimate of drug-likeness (QED) is 0.730. The van der Waals surface area contributed by atoms with Crippen LogP contribution >= 0.6 is 11.3 Å². The summed E-state index contributed by atoms with van der Waals surface area (Å²) in [4.78, 5) is 17.5. The van der Waals surface area contributed by atoms with Gasteiger partial charge in [0, 0.05) is 6.54 Å². The van der Waals surface area contributed by atoms with E-state index in [2.05, 4.69) is 29.3 Å². The van der Waals surface area contributed by atoms with E-state index in [9.17, 15) is 4.79 Å². The molecule has 2 N–H and O–H groups in total. The number of rotatable bonds is 7. The van der Waals surface area contributed by atoms with Gasteiger partial charge in [0.15, 0.2) is 5.13 Å². The number of aromatic carboxylic acids is 1. The van der Waals surface area contributed by atoms with Gasteiger partial charge in [-0.2, -0.15) is 0 Å². The molecule has 0 aliphatic carbocycles. The van der Waals surface area contributed by atoms with Crippen molar-refractivity contribution < 1.29 is 9.90 Å². The summed E-state index contributed by atoms with van der Waals surface area (Å²) < 4.78 is 0. The van der Waals surface area contributed by atoms with Crippen LogP contribution in [0.2, 0.25) is 0 Å². The van der Waals surface area contributed by atoms with Crippen LogP contribution in [0.5, 0.6) is 0 Å². The van der Waals surface area contributed by atoms with Gasteiger partial charge in [0.1, 0.15) is 4.88 Å². The number of aromatic nitrogens is 1. The van der Waals surface area contributed by atoms with Crippen molar-refractivity contribution in [1.29, 1.82) is 0 Å². The van der Waals surface area contributed by atoms with Gasteiger partial charge >= 0.3 is 5.97 Å². The zero-order valence-electron chi connectivity index (χ0n) is 10.5. The van der Waals surface area contributed by atoms with Crippen LogP contribution in [0.1, 0.15) is 28.2 Å². The molecule has 0 spiro atoms. The van der Waals surface area contributed by atoms with Crippen molar-refractivity contribution in [2.24, 2.45) is 0 Å². The average molecular weight is 257 g/mol. The molecular weight excluding hydrogens is 238 g/mol. The van der Waals surface area contributed by atoms with Crippen LogP contribution in [-0.2, 0) is 0 Å². The molecule has 1 aromatic rings. The van der Waals surface area contributed by atoms with Gasteiger partial charge in [0.25, 0.3) is 0 Å². The number of nitrogens with one attached hydrogen (secondary N) is 1. The van der Waals surface area contributed by atoms with Gasteiger partial charge in [-0.3, -0.25) is 0 Å². The minimum absolute atomic E-state index is 0.320. The van der Waals surface area contributed by atoms with Crippen LogP contribution in [0.3, 0.4) is 0 Å². The van der Waals surface area contributed by atoms with E-state index in [-0.39, 0.29) is 0 Å². The number of unbranched alkanes of at least 4 members (excludes halogenated alkanes) is 1. The largest absolute Gasteiger partial charge is 0.477 e. The highest BCUT2D eigenvalue weighted by atomic mass is 32.1. The van der Waals surface area contributed by atoms with Gasteiger partial charge in [-0.15, -0.1) is 0 Å². The van der Waals surface area contributed by atoms with Crippen molar-refractivity contribution in [3.05, 3.63) is 10.6 Å². The summed E-state index contributed by atoms with van der Waals surface area (Å²) in [7, 11) is 4.10. The Morgan fingerprint density at radius 2 is 2.18 bits per heavy atom. The van der Waals surface area contributed by atoms with E-state index in [0.717, 1.165) is 25.9 Å². The molecule has 96 valence electrons. The van der Waals surface area contributed by atoms with Gasteiger partial charge in [-0.05, 0) is 40.4 Å². The smallest absolute Gasteiger partial charge is 0.347 e. The minimum atomic E-state index is -0.902. The van der Waals surface area contributed by atoms with Crippen molar-refractivity contribution in [2.75, 3.05) is 32.5 Å². The number of carbonyl (C=O) groups is 1. The summed E-state index contributed by atoms with van der Waals surface area (Å²) in [5.74, 6) is -0.902. The Morgan fingerprint density at radius 3 is 2.71 bits per heavy atom. The van der Waals surface area contributed by atoms with Crippen LogP contribution in [0.15, 0.2) is 0 Å². The highest BCUT2D eigenvalue weighted by Crippen LogP contribution is 2.22. The fraction of sp³-hybridized carbons (Fsp3) is 0.636. The third kappa shape index (κ3) is 4.70. The summed E-state index contributed by atoms with van der Waals surface area (Å²) in [5.41, 5.74) is 0.582. The average Bonchev–Trinajstić information content (AvgIpc) is 2.59. The topological polar surface area (TPSA) is 65.5 Å². The summed E-state index contributed by atoms with van der Waals surface area (Å²) in [6, 6.07) is 0. The zero-order chi connectivity index (χ0) is 12.8. The molecule has 0 atom stereocenters. The molecule has 1 heterocycles. The number of carboxylic acids is 1. The second-order valence-corrected chi connectivity index (χ2v) is 5.17. The second kappa shape index (κ2) is 6.56. The molecule has 0 radical (unpaired) electrons. The highest BCUT2D eigenvalue weighted by Gasteiger charge is 2.13. The second-order valence-electron chi connectivity index (χ2n) is 4.18. The van der Waals surface area contributed by atoms with E-state index in [4.69, 9.17) is 5.11 Å². The van der Waals surface area contributed by atoms with E-state index >= 15 is 0 Å². The van der Waals surface area contributed by atoms with Crippen molar-refractivity contribution >= 4 is 22.4 Å². The number of anilines is 1. The predicted molar refractivity (Wildman–Crippen MR) is 70.1 cm³/mol. The lowest BCUT2D eigenvalue weighted by atomic mass is 10.3. The zero-order valence-corrected chi connectivity index (χ0v) is 11.3. The molecule has 0 unspecified atom stereocenters. The Kier molecular flexibility index (Phi) is 5.37. The molecule has 1 aromatic heterocycles. The molecule has 0 fully saturated rings. The highest BCUT2D eigenvalue weighted by molar-refractivity contribution is 7.17. The Labute approximate surface area is 105 Å². The molecule has 0 aliphatic heterocycles. The van der Waals surface area contributed by atoms with E-state index in [0.29, 0.717) is 15.7 Å². The van der Waals surface area contributed by atoms with Crippen molar-refractivity contribution in [2.45, 2.75) is 19.8 Å². The monoisotopic (exact) mass is 257 g/mol. The fourth-order valence-electron chi connectivity index (χ4n) is 1.42. The molecule has 0 saturated heterocycles. The van der Waals surface area contributed by atoms with Crippen molar-refractivity contribution in [3.63, 3.8) is 0 Å². The van der Waals surface area contributed by atoms with Gasteiger partial charge in [0.2, 0.25) is 0 Å². The molecule has 0 bridgehead atoms. The maximum absolute atomic E-state index is 10.8. The first-order valence-corrected chi connectivity index (χ1v) is 6.41. The van der Waals surface area contributed by atoms with E-state index in [1.807, 2.05) is 0 Å². The molecule has 0 amide bonds. The Bertz CT molecular complexity index is 377. The van der Waals surface area contributed by atoms with Gasteiger partial charge in [0.05, 0.1) is 5.69 Å². The molecule has 6 heteroatoms. The normalized spacial score (nSPS) is 10.8. The van der Waals surface area contributed by atoms with Gasteiger partial charge < -0.3 is 15.3 Å². The SMILES string of the molecule is Cc1nc(NCCCCN(C)C)sc1C(=O)O. The van der Waals surface area contributed by atoms with E-state index in [1.54, 1.807) is 6.92 Å². The number of nitrogens with zero attached hydrogens (tertiary/aromatic N) is 2. The van der Waals surface area contributed by atoms with Crippen LogP contribution < -0.4 is 5.32 Å². The molecule has 0 saturated carbocycles. The third-order valence-electron chi connectivity index (χ3n) is 2.30. The number of aryl methyl sites for hydroxylation is 1. The first-order chi connectivity index (χ1) is 8.00. The molecule has 1 rings (SSSR count). The number of hydrogen-bond donors (Lipinski definition) is 2. The van der Waals surface area contributed by atoms with E-state index < -0.39 is 5.97 Å². The van der Waals surface area contributed by atoms with Crippen molar-refractivity contribution in [3.8, 4) is 0 Å². The molecular formula is C11H19N3O2S. The lowest BCUT2D eigenvalue weighted by Gasteiger charge is -2.08. The summed E-state index contributed by atoms with van der Waals surface area (Å²) in [6.07, 6.45) is 2.18. The maximum atomic E-state index is 10.8. The molecule has 0 aromatic carbocycles. The van der Waals surface area contributed by atoms with Gasteiger partial charge in [-0.1, -0.05) is 11.3 Å². The molecule has 5 nitrogen and oxygen atoms in total. The number of thiazole rings is 1. The summed E-state index contributed by atoms with van der Waals surface area (Å²) in [5, 5.41) is 12.7. The Morgan fingerprint density at radius 1 is 1.47 bits per heavy atom. The van der Waals surface area contributed by atoms with E-state index in [1.165, 1.54) is 11.3 Å². The first-order valence-electron chi connectivity index (χ1n) is 5.60. The Hall–Kier alpha value is -1.14. The standard InChI is InChI=1S/C11H19N3O2S/c1-8-9(10(15)16)17-11(13-8)12-6-4-5-7-14(2)3/h4-7H2,1-3H3,(H,12,13)(H,15,16). The molecule has 0 aliphatic rings. The predicted octanol–water partition coefficient (Wildman–Crippen LogP) is 1.90. The molecule has 17 heavy (non-hydrogen) atoms.